The molecule has 1 rings (SSSR count). The van der Waals surface area contributed by atoms with E-state index in [0.717, 1.165) is 18.7 Å². The van der Waals surface area contributed by atoms with E-state index < -0.39 is 0 Å². The van der Waals surface area contributed by atoms with E-state index in [-0.39, 0.29) is 6.04 Å². The van der Waals surface area contributed by atoms with E-state index in [1.165, 1.54) is 0 Å². The maximum absolute atomic E-state index is 6.11. The van der Waals surface area contributed by atoms with Gasteiger partial charge in [-0.25, -0.2) is 0 Å². The molecule has 86 valence electrons. The van der Waals surface area contributed by atoms with Crippen LogP contribution >= 0.6 is 11.6 Å². The van der Waals surface area contributed by atoms with E-state index in [9.17, 15) is 0 Å². The first-order chi connectivity index (χ1) is 7.24. The van der Waals surface area contributed by atoms with Crippen molar-refractivity contribution in [2.75, 3.05) is 20.8 Å². The lowest BCUT2D eigenvalue weighted by Crippen LogP contribution is -2.24. The SMILES string of the molecule is CCCn1ncc(Cl)c1C(COC)NC. The summed E-state index contributed by atoms with van der Waals surface area (Å²) < 4.78 is 7.08. The third-order valence-electron chi connectivity index (χ3n) is 2.28. The van der Waals surface area contributed by atoms with Gasteiger partial charge in [0.2, 0.25) is 0 Å². The maximum atomic E-state index is 6.11. The smallest absolute Gasteiger partial charge is 0.0835 e. The molecular formula is C10H18ClN3O. The Morgan fingerprint density at radius 3 is 2.93 bits per heavy atom. The molecular weight excluding hydrogens is 214 g/mol. The summed E-state index contributed by atoms with van der Waals surface area (Å²) >= 11 is 6.11. The van der Waals surface area contributed by atoms with Crippen molar-refractivity contribution in [3.8, 4) is 0 Å². The zero-order chi connectivity index (χ0) is 11.3. The average molecular weight is 232 g/mol. The van der Waals surface area contributed by atoms with Crippen molar-refractivity contribution in [2.24, 2.45) is 0 Å². The predicted molar refractivity (Wildman–Crippen MR) is 61.2 cm³/mol. The molecule has 1 N–H and O–H groups in total. The molecule has 0 fully saturated rings. The molecule has 0 aliphatic heterocycles. The van der Waals surface area contributed by atoms with Gasteiger partial charge in [0.15, 0.2) is 0 Å². The highest BCUT2D eigenvalue weighted by molar-refractivity contribution is 6.31. The van der Waals surface area contributed by atoms with Gasteiger partial charge in [0, 0.05) is 13.7 Å². The summed E-state index contributed by atoms with van der Waals surface area (Å²) in [7, 11) is 3.57. The number of hydrogen-bond acceptors (Lipinski definition) is 3. The van der Waals surface area contributed by atoms with Gasteiger partial charge in [-0.15, -0.1) is 0 Å². The van der Waals surface area contributed by atoms with E-state index >= 15 is 0 Å². The van der Waals surface area contributed by atoms with Crippen LogP contribution in [-0.2, 0) is 11.3 Å². The molecule has 1 aromatic rings. The number of aryl methyl sites for hydroxylation is 1. The van der Waals surface area contributed by atoms with Crippen LogP contribution < -0.4 is 5.32 Å². The molecule has 1 aromatic heterocycles. The van der Waals surface area contributed by atoms with Gasteiger partial charge in [-0.2, -0.15) is 5.10 Å². The van der Waals surface area contributed by atoms with Crippen molar-refractivity contribution in [2.45, 2.75) is 25.9 Å². The molecule has 0 radical (unpaired) electrons. The topological polar surface area (TPSA) is 39.1 Å². The number of hydrogen-bond donors (Lipinski definition) is 1. The van der Waals surface area contributed by atoms with Gasteiger partial charge in [0.05, 0.1) is 29.6 Å². The van der Waals surface area contributed by atoms with Crippen LogP contribution in [0, 0.1) is 0 Å². The molecule has 0 saturated heterocycles. The van der Waals surface area contributed by atoms with Crippen molar-refractivity contribution in [3.05, 3.63) is 16.9 Å². The lowest BCUT2D eigenvalue weighted by Gasteiger charge is -2.17. The Morgan fingerprint density at radius 2 is 2.40 bits per heavy atom. The summed E-state index contributed by atoms with van der Waals surface area (Å²) in [5.74, 6) is 0. The van der Waals surface area contributed by atoms with Crippen molar-refractivity contribution in [1.29, 1.82) is 0 Å². The summed E-state index contributed by atoms with van der Waals surface area (Å²) in [5.41, 5.74) is 1.00. The van der Waals surface area contributed by atoms with Gasteiger partial charge < -0.3 is 10.1 Å². The van der Waals surface area contributed by atoms with Crippen LogP contribution in [0.1, 0.15) is 25.1 Å². The van der Waals surface area contributed by atoms with Crippen molar-refractivity contribution >= 4 is 11.6 Å². The Kier molecular flexibility index (Phi) is 5.08. The summed E-state index contributed by atoms with van der Waals surface area (Å²) in [6, 6.07) is 0.0940. The summed E-state index contributed by atoms with van der Waals surface area (Å²) in [6.07, 6.45) is 2.72. The zero-order valence-corrected chi connectivity index (χ0v) is 10.2. The molecule has 5 heteroatoms. The van der Waals surface area contributed by atoms with Crippen LogP contribution in [0.5, 0.6) is 0 Å². The normalized spacial score (nSPS) is 13.1. The molecule has 1 atom stereocenters. The molecule has 4 nitrogen and oxygen atoms in total. The quantitative estimate of drug-likeness (QED) is 0.812. The zero-order valence-electron chi connectivity index (χ0n) is 9.46. The lowest BCUT2D eigenvalue weighted by atomic mass is 10.2. The molecule has 15 heavy (non-hydrogen) atoms. The number of aromatic nitrogens is 2. The number of halogens is 1. The number of nitrogens with one attached hydrogen (secondary N) is 1. The second kappa shape index (κ2) is 6.10. The molecule has 1 heterocycles. The van der Waals surface area contributed by atoms with Crippen molar-refractivity contribution < 1.29 is 4.74 Å². The van der Waals surface area contributed by atoms with Crippen LogP contribution in [0.2, 0.25) is 5.02 Å². The van der Waals surface area contributed by atoms with Crippen molar-refractivity contribution in [1.82, 2.24) is 15.1 Å². The van der Waals surface area contributed by atoms with Crippen molar-refractivity contribution in [3.63, 3.8) is 0 Å². The highest BCUT2D eigenvalue weighted by atomic mass is 35.5. The molecule has 0 bridgehead atoms. The molecule has 0 saturated carbocycles. The minimum Gasteiger partial charge on any atom is -0.383 e. The van der Waals surface area contributed by atoms with Gasteiger partial charge >= 0.3 is 0 Å². The summed E-state index contributed by atoms with van der Waals surface area (Å²) in [5, 5.41) is 8.11. The fourth-order valence-corrected chi connectivity index (χ4v) is 1.85. The summed E-state index contributed by atoms with van der Waals surface area (Å²) in [6.45, 7) is 3.58. The van der Waals surface area contributed by atoms with Gasteiger partial charge in [-0.05, 0) is 13.5 Å². The van der Waals surface area contributed by atoms with Gasteiger partial charge in [0.25, 0.3) is 0 Å². The average Bonchev–Trinajstić information content (AvgIpc) is 2.58. The number of likely N-dealkylation sites (N-methyl/N-ethyl adjacent to an activating group) is 1. The van der Waals surface area contributed by atoms with E-state index in [2.05, 4.69) is 17.3 Å². The largest absolute Gasteiger partial charge is 0.383 e. The van der Waals surface area contributed by atoms with Crippen LogP contribution in [0.4, 0.5) is 0 Å². The molecule has 1 unspecified atom stereocenters. The minimum atomic E-state index is 0.0940. The Labute approximate surface area is 95.6 Å². The molecule has 0 aromatic carbocycles. The van der Waals surface area contributed by atoms with E-state index in [0.29, 0.717) is 11.6 Å². The van der Waals surface area contributed by atoms with Crippen LogP contribution in [-0.4, -0.2) is 30.5 Å². The van der Waals surface area contributed by atoms with E-state index in [1.54, 1.807) is 13.3 Å². The first-order valence-corrected chi connectivity index (χ1v) is 5.49. The van der Waals surface area contributed by atoms with Crippen LogP contribution in [0.15, 0.2) is 6.20 Å². The molecule has 0 aliphatic rings. The second-order valence-corrected chi connectivity index (χ2v) is 3.80. The predicted octanol–water partition coefficient (Wildman–Crippen LogP) is 1.85. The minimum absolute atomic E-state index is 0.0940. The number of nitrogens with zero attached hydrogens (tertiary/aromatic N) is 2. The fourth-order valence-electron chi connectivity index (χ4n) is 1.57. The van der Waals surface area contributed by atoms with E-state index in [4.69, 9.17) is 16.3 Å². The lowest BCUT2D eigenvalue weighted by molar-refractivity contribution is 0.166. The monoisotopic (exact) mass is 231 g/mol. The highest BCUT2D eigenvalue weighted by Gasteiger charge is 2.18. The Morgan fingerprint density at radius 1 is 1.67 bits per heavy atom. The summed E-state index contributed by atoms with van der Waals surface area (Å²) in [4.78, 5) is 0. The number of ether oxygens (including phenoxy) is 1. The Hall–Kier alpha value is -0.580. The van der Waals surface area contributed by atoms with Crippen LogP contribution in [0.3, 0.4) is 0 Å². The third kappa shape index (κ3) is 2.93. The molecule has 0 spiro atoms. The second-order valence-electron chi connectivity index (χ2n) is 3.40. The molecule has 0 amide bonds. The number of methoxy groups -OCH3 is 1. The molecule has 0 aliphatic carbocycles. The number of rotatable bonds is 6. The standard InChI is InChI=1S/C10H18ClN3O/c1-4-5-14-10(8(11)6-13-14)9(12-2)7-15-3/h6,9,12H,4-5,7H2,1-3H3. The third-order valence-corrected chi connectivity index (χ3v) is 2.57. The van der Waals surface area contributed by atoms with Gasteiger partial charge in [-0.3, -0.25) is 4.68 Å². The first-order valence-electron chi connectivity index (χ1n) is 5.12. The maximum Gasteiger partial charge on any atom is 0.0835 e. The Bertz CT molecular complexity index is 301. The van der Waals surface area contributed by atoms with Crippen LogP contribution in [0.25, 0.3) is 0 Å². The highest BCUT2D eigenvalue weighted by Crippen LogP contribution is 2.22. The first kappa shape index (κ1) is 12.5. The van der Waals surface area contributed by atoms with Gasteiger partial charge in [-0.1, -0.05) is 18.5 Å². The van der Waals surface area contributed by atoms with Gasteiger partial charge in [0.1, 0.15) is 0 Å². The Balaban J connectivity index is 2.92. The van der Waals surface area contributed by atoms with E-state index in [1.807, 2.05) is 11.7 Å². The fraction of sp³-hybridized carbons (Fsp3) is 0.700.